The molecule has 172 valence electrons. The highest BCUT2D eigenvalue weighted by Crippen LogP contribution is 2.40. The van der Waals surface area contributed by atoms with Gasteiger partial charge in [0.15, 0.2) is 5.82 Å². The highest BCUT2D eigenvalue weighted by molar-refractivity contribution is 7.98. The van der Waals surface area contributed by atoms with Crippen molar-refractivity contribution < 1.29 is 28.9 Å². The molecule has 1 aliphatic heterocycles. The lowest BCUT2D eigenvalue weighted by Crippen LogP contribution is -2.53. The Bertz CT molecular complexity index is 1170. The van der Waals surface area contributed by atoms with Crippen LogP contribution in [-0.4, -0.2) is 49.8 Å². The van der Waals surface area contributed by atoms with Gasteiger partial charge in [-0.2, -0.15) is 5.10 Å². The van der Waals surface area contributed by atoms with Crippen molar-refractivity contribution in [1.29, 1.82) is 0 Å². The molecule has 0 bridgehead atoms. The topological polar surface area (TPSA) is 120 Å². The smallest absolute Gasteiger partial charge is 0.420 e. The van der Waals surface area contributed by atoms with Crippen LogP contribution in [-0.2, 0) is 12.5 Å². The predicted octanol–water partition coefficient (Wildman–Crippen LogP) is 3.05. The zero-order chi connectivity index (χ0) is 23.6. The van der Waals surface area contributed by atoms with Crippen molar-refractivity contribution in [1.82, 2.24) is 19.4 Å². The van der Waals surface area contributed by atoms with Gasteiger partial charge < -0.3 is 24.4 Å². The Balaban J connectivity index is 1.58. The molecule has 0 aliphatic carbocycles. The molecule has 2 aromatic carbocycles. The van der Waals surface area contributed by atoms with Crippen LogP contribution in [0.25, 0.3) is 0 Å². The first-order valence-electron chi connectivity index (χ1n) is 9.67. The molecule has 0 unspecified atom stereocenters. The number of nitrogens with one attached hydrogen (secondary N) is 1. The van der Waals surface area contributed by atoms with Crippen LogP contribution in [0.3, 0.4) is 0 Å². The van der Waals surface area contributed by atoms with Crippen LogP contribution >= 0.6 is 12.1 Å². The SMILES string of the molecule is CN(C)SNc1cccc(CN2C(=O)Oc3cc(Oc4cccnn4)ccc3C2(O)O)c1F. The van der Waals surface area contributed by atoms with E-state index in [9.17, 15) is 19.4 Å². The zero-order valence-corrected chi connectivity index (χ0v) is 18.4. The maximum atomic E-state index is 14.9. The van der Waals surface area contributed by atoms with Crippen LogP contribution in [0.15, 0.2) is 54.7 Å². The van der Waals surface area contributed by atoms with E-state index >= 15 is 0 Å². The number of rotatable bonds is 7. The summed E-state index contributed by atoms with van der Waals surface area (Å²) in [7, 11) is 3.58. The summed E-state index contributed by atoms with van der Waals surface area (Å²) in [4.78, 5) is 13.3. The Kier molecular flexibility index (Phi) is 6.33. The van der Waals surface area contributed by atoms with Crippen LogP contribution in [0.1, 0.15) is 11.1 Å². The second kappa shape index (κ2) is 9.19. The molecule has 3 N–H and O–H groups in total. The molecule has 0 radical (unpaired) electrons. The van der Waals surface area contributed by atoms with E-state index in [4.69, 9.17) is 9.47 Å². The van der Waals surface area contributed by atoms with Gasteiger partial charge in [-0.1, -0.05) is 12.1 Å². The summed E-state index contributed by atoms with van der Waals surface area (Å²) in [5.41, 5.74) is 0.144. The number of aliphatic hydroxyl groups is 2. The van der Waals surface area contributed by atoms with Gasteiger partial charge in [-0.15, -0.1) is 5.10 Å². The molecule has 0 atom stereocenters. The second-order valence-electron chi connectivity index (χ2n) is 7.20. The summed E-state index contributed by atoms with van der Waals surface area (Å²) in [6.45, 7) is -0.447. The zero-order valence-electron chi connectivity index (χ0n) is 17.6. The number of benzene rings is 2. The van der Waals surface area contributed by atoms with Crippen LogP contribution in [0.2, 0.25) is 0 Å². The van der Waals surface area contributed by atoms with E-state index in [0.29, 0.717) is 4.90 Å². The monoisotopic (exact) mass is 473 g/mol. The molecule has 1 aliphatic rings. The van der Waals surface area contributed by atoms with E-state index in [1.54, 1.807) is 36.6 Å². The third kappa shape index (κ3) is 4.83. The number of carbonyl (C=O) groups excluding carboxylic acids is 1. The second-order valence-corrected chi connectivity index (χ2v) is 8.31. The van der Waals surface area contributed by atoms with Crippen molar-refractivity contribution in [2.45, 2.75) is 12.5 Å². The molecule has 12 heteroatoms. The van der Waals surface area contributed by atoms with E-state index in [-0.39, 0.29) is 34.2 Å². The molecule has 2 heterocycles. The standard InChI is InChI=1S/C21H20FN5O5S/c1-26(2)33-25-16-6-3-5-13(19(16)22)12-27-20(28)32-17-11-14(8-9-15(17)21(27,29)30)31-18-7-4-10-23-24-18/h3-11,25,29-30H,12H2,1-2H3. The number of hydrogen-bond acceptors (Lipinski definition) is 10. The van der Waals surface area contributed by atoms with Crippen LogP contribution in [0.5, 0.6) is 17.4 Å². The number of fused-ring (bicyclic) bond motifs is 1. The van der Waals surface area contributed by atoms with Gasteiger partial charge >= 0.3 is 6.09 Å². The van der Waals surface area contributed by atoms with Crippen molar-refractivity contribution in [2.24, 2.45) is 0 Å². The van der Waals surface area contributed by atoms with E-state index in [2.05, 4.69) is 14.9 Å². The van der Waals surface area contributed by atoms with Gasteiger partial charge in [0, 0.05) is 36.0 Å². The quantitative estimate of drug-likeness (QED) is 0.349. The van der Waals surface area contributed by atoms with Gasteiger partial charge in [-0.3, -0.25) is 0 Å². The first-order valence-corrected chi connectivity index (χ1v) is 10.4. The fourth-order valence-electron chi connectivity index (χ4n) is 3.08. The summed E-state index contributed by atoms with van der Waals surface area (Å²) >= 11 is 1.17. The van der Waals surface area contributed by atoms with Crippen molar-refractivity contribution >= 4 is 23.9 Å². The minimum atomic E-state index is -2.75. The number of anilines is 1. The molecule has 1 amide bonds. The van der Waals surface area contributed by atoms with Gasteiger partial charge in [0.2, 0.25) is 5.88 Å². The molecule has 0 saturated heterocycles. The van der Waals surface area contributed by atoms with E-state index in [1.807, 2.05) is 0 Å². The van der Waals surface area contributed by atoms with Crippen LogP contribution in [0, 0.1) is 5.82 Å². The average Bonchev–Trinajstić information content (AvgIpc) is 2.77. The highest BCUT2D eigenvalue weighted by atomic mass is 32.2. The number of aromatic nitrogens is 2. The van der Waals surface area contributed by atoms with E-state index in [1.165, 1.54) is 48.7 Å². The van der Waals surface area contributed by atoms with Crippen molar-refractivity contribution in [2.75, 3.05) is 18.8 Å². The number of halogens is 1. The first-order chi connectivity index (χ1) is 15.8. The number of nitrogens with zero attached hydrogens (tertiary/aromatic N) is 4. The van der Waals surface area contributed by atoms with Crippen molar-refractivity contribution in [3.8, 4) is 17.4 Å². The summed E-state index contributed by atoms with van der Waals surface area (Å²) < 4.78 is 30.4. The minimum absolute atomic E-state index is 0.0647. The lowest BCUT2D eigenvalue weighted by Gasteiger charge is -2.39. The van der Waals surface area contributed by atoms with Crippen LogP contribution < -0.4 is 14.2 Å². The molecule has 33 heavy (non-hydrogen) atoms. The van der Waals surface area contributed by atoms with Gasteiger partial charge in [0.25, 0.3) is 5.91 Å². The van der Waals surface area contributed by atoms with Crippen LogP contribution in [0.4, 0.5) is 14.9 Å². The van der Waals surface area contributed by atoms with E-state index in [0.717, 1.165) is 0 Å². The fraction of sp³-hybridized carbons (Fsp3) is 0.190. The Labute approximate surface area is 192 Å². The van der Waals surface area contributed by atoms with E-state index < -0.39 is 24.4 Å². The minimum Gasteiger partial charge on any atom is -0.437 e. The van der Waals surface area contributed by atoms with Crippen molar-refractivity contribution in [3.63, 3.8) is 0 Å². The average molecular weight is 473 g/mol. The summed E-state index contributed by atoms with van der Waals surface area (Å²) in [5, 5.41) is 29.1. The summed E-state index contributed by atoms with van der Waals surface area (Å²) in [5.74, 6) is -3.04. The maximum absolute atomic E-state index is 14.9. The lowest BCUT2D eigenvalue weighted by molar-refractivity contribution is -0.268. The number of ether oxygens (including phenoxy) is 2. The number of hydrogen-bond donors (Lipinski definition) is 3. The molecular formula is C21H20FN5O5S. The third-order valence-corrected chi connectivity index (χ3v) is 5.30. The largest absolute Gasteiger partial charge is 0.437 e. The molecule has 0 saturated carbocycles. The maximum Gasteiger partial charge on any atom is 0.420 e. The Hall–Kier alpha value is -3.45. The molecular weight excluding hydrogens is 453 g/mol. The Morgan fingerprint density at radius 3 is 2.79 bits per heavy atom. The molecule has 0 fully saturated rings. The fourth-order valence-corrected chi connectivity index (χ4v) is 3.52. The third-order valence-electron chi connectivity index (χ3n) is 4.62. The highest BCUT2D eigenvalue weighted by Gasteiger charge is 2.46. The van der Waals surface area contributed by atoms with Gasteiger partial charge in [-0.25, -0.2) is 18.4 Å². The number of amides is 1. The molecule has 10 nitrogen and oxygen atoms in total. The number of carbonyl (C=O) groups is 1. The molecule has 3 aromatic rings. The lowest BCUT2D eigenvalue weighted by atomic mass is 10.1. The first kappa shape index (κ1) is 22.7. The van der Waals surface area contributed by atoms with Gasteiger partial charge in [0.05, 0.1) is 17.8 Å². The van der Waals surface area contributed by atoms with Gasteiger partial charge in [0.1, 0.15) is 11.5 Å². The molecule has 0 spiro atoms. The Morgan fingerprint density at radius 1 is 1.24 bits per heavy atom. The predicted molar refractivity (Wildman–Crippen MR) is 118 cm³/mol. The molecule has 1 aromatic heterocycles. The van der Waals surface area contributed by atoms with Crippen molar-refractivity contribution in [3.05, 3.63) is 71.7 Å². The normalized spacial score (nSPS) is 14.6. The van der Waals surface area contributed by atoms with Gasteiger partial charge in [-0.05, 0) is 38.4 Å². The Morgan fingerprint density at radius 2 is 2.06 bits per heavy atom. The summed E-state index contributed by atoms with van der Waals surface area (Å²) in [6.07, 6.45) is 0.419. The molecule has 4 rings (SSSR count). The summed E-state index contributed by atoms with van der Waals surface area (Å²) in [6, 6.07) is 11.9.